The average Bonchev–Trinajstić information content (AvgIpc) is 2.73. The van der Waals surface area contributed by atoms with E-state index in [2.05, 4.69) is 30.9 Å². The third kappa shape index (κ3) is 2.21. The Labute approximate surface area is 90.5 Å². The van der Waals surface area contributed by atoms with Gasteiger partial charge in [-0.1, -0.05) is 19.9 Å². The van der Waals surface area contributed by atoms with Gasteiger partial charge in [-0.05, 0) is 36.9 Å². The highest BCUT2D eigenvalue weighted by Crippen LogP contribution is 2.17. The van der Waals surface area contributed by atoms with Crippen LogP contribution in [0.15, 0.2) is 34.9 Å². The molecule has 0 spiro atoms. The zero-order valence-corrected chi connectivity index (χ0v) is 9.36. The molecule has 80 valence electrons. The molecule has 0 bridgehead atoms. The first-order chi connectivity index (χ1) is 7.33. The molecule has 0 unspecified atom stereocenters. The molecule has 2 aromatic rings. The van der Waals surface area contributed by atoms with Crippen LogP contribution in [-0.2, 0) is 6.54 Å². The molecule has 0 amide bonds. The van der Waals surface area contributed by atoms with Gasteiger partial charge < -0.3 is 4.42 Å². The summed E-state index contributed by atoms with van der Waals surface area (Å²) in [5, 5.41) is 1.19. The van der Waals surface area contributed by atoms with Gasteiger partial charge in [-0.2, -0.15) is 0 Å². The first-order valence-corrected chi connectivity index (χ1v) is 5.52. The smallest absolute Gasteiger partial charge is 0.133 e. The molecule has 1 aromatic carbocycles. The maximum Gasteiger partial charge on any atom is 0.133 e. The minimum atomic E-state index is 0.971. The monoisotopic (exact) mass is 203 g/mol. The predicted octanol–water partition coefficient (Wildman–Crippen LogP) is 3.27. The maximum atomic E-state index is 5.32. The number of rotatable bonds is 4. The Morgan fingerprint density at radius 2 is 1.93 bits per heavy atom. The van der Waals surface area contributed by atoms with Crippen LogP contribution >= 0.6 is 0 Å². The van der Waals surface area contributed by atoms with Gasteiger partial charge in [0.1, 0.15) is 5.58 Å². The standard InChI is InChI=1S/C13H17NO/c1-3-14(4-2)10-11-5-6-13-12(9-11)7-8-15-13/h5-9H,3-4,10H2,1-2H3. The summed E-state index contributed by atoms with van der Waals surface area (Å²) in [6.45, 7) is 7.60. The van der Waals surface area contributed by atoms with Gasteiger partial charge in [-0.25, -0.2) is 0 Å². The number of furan rings is 1. The second-order valence-corrected chi connectivity index (χ2v) is 3.75. The van der Waals surface area contributed by atoms with Crippen LogP contribution in [0, 0.1) is 0 Å². The van der Waals surface area contributed by atoms with Crippen LogP contribution in [0.25, 0.3) is 11.0 Å². The highest BCUT2D eigenvalue weighted by molar-refractivity contribution is 5.77. The van der Waals surface area contributed by atoms with Crippen LogP contribution in [0.1, 0.15) is 19.4 Å². The van der Waals surface area contributed by atoms with E-state index in [-0.39, 0.29) is 0 Å². The summed E-state index contributed by atoms with van der Waals surface area (Å²) < 4.78 is 5.32. The molecule has 0 N–H and O–H groups in total. The van der Waals surface area contributed by atoms with Gasteiger partial charge >= 0.3 is 0 Å². The Morgan fingerprint density at radius 1 is 1.13 bits per heavy atom. The normalized spacial score (nSPS) is 11.4. The quantitative estimate of drug-likeness (QED) is 0.758. The lowest BCUT2D eigenvalue weighted by atomic mass is 10.1. The fourth-order valence-corrected chi connectivity index (χ4v) is 1.82. The van der Waals surface area contributed by atoms with Crippen LogP contribution < -0.4 is 0 Å². The summed E-state index contributed by atoms with van der Waals surface area (Å²) >= 11 is 0. The van der Waals surface area contributed by atoms with E-state index in [0.717, 1.165) is 25.2 Å². The minimum Gasteiger partial charge on any atom is -0.464 e. The SMILES string of the molecule is CCN(CC)Cc1ccc2occc2c1. The van der Waals surface area contributed by atoms with Gasteiger partial charge in [0.15, 0.2) is 0 Å². The zero-order chi connectivity index (χ0) is 10.7. The minimum absolute atomic E-state index is 0.971. The molecule has 0 saturated carbocycles. The molecule has 0 aliphatic heterocycles. The zero-order valence-electron chi connectivity index (χ0n) is 9.36. The summed E-state index contributed by atoms with van der Waals surface area (Å²) in [4.78, 5) is 2.40. The third-order valence-electron chi connectivity index (χ3n) is 2.82. The maximum absolute atomic E-state index is 5.32. The number of benzene rings is 1. The van der Waals surface area contributed by atoms with Crippen LogP contribution in [0.2, 0.25) is 0 Å². The van der Waals surface area contributed by atoms with E-state index in [1.165, 1.54) is 10.9 Å². The predicted molar refractivity (Wildman–Crippen MR) is 62.8 cm³/mol. The molecule has 2 heteroatoms. The van der Waals surface area contributed by atoms with Crippen molar-refractivity contribution in [1.29, 1.82) is 0 Å². The Kier molecular flexibility index (Phi) is 3.07. The molecular weight excluding hydrogens is 186 g/mol. The molecule has 2 nitrogen and oxygen atoms in total. The highest BCUT2D eigenvalue weighted by Gasteiger charge is 2.02. The van der Waals surface area contributed by atoms with Crippen molar-refractivity contribution in [2.45, 2.75) is 20.4 Å². The average molecular weight is 203 g/mol. The molecule has 0 aliphatic rings. The topological polar surface area (TPSA) is 16.4 Å². The van der Waals surface area contributed by atoms with E-state index in [4.69, 9.17) is 4.42 Å². The number of hydrogen-bond acceptors (Lipinski definition) is 2. The van der Waals surface area contributed by atoms with E-state index in [1.807, 2.05) is 12.1 Å². The molecule has 1 aromatic heterocycles. The second-order valence-electron chi connectivity index (χ2n) is 3.75. The van der Waals surface area contributed by atoms with Crippen molar-refractivity contribution in [3.63, 3.8) is 0 Å². The van der Waals surface area contributed by atoms with Crippen molar-refractivity contribution in [2.24, 2.45) is 0 Å². The number of nitrogens with zero attached hydrogens (tertiary/aromatic N) is 1. The van der Waals surface area contributed by atoms with E-state index >= 15 is 0 Å². The largest absolute Gasteiger partial charge is 0.464 e. The van der Waals surface area contributed by atoms with Gasteiger partial charge in [0, 0.05) is 11.9 Å². The summed E-state index contributed by atoms with van der Waals surface area (Å²) in [5.41, 5.74) is 2.32. The van der Waals surface area contributed by atoms with E-state index < -0.39 is 0 Å². The van der Waals surface area contributed by atoms with Gasteiger partial charge in [0.05, 0.1) is 6.26 Å². The number of hydrogen-bond donors (Lipinski definition) is 0. The van der Waals surface area contributed by atoms with Crippen LogP contribution in [0.4, 0.5) is 0 Å². The molecule has 0 atom stereocenters. The van der Waals surface area contributed by atoms with E-state index in [1.54, 1.807) is 6.26 Å². The van der Waals surface area contributed by atoms with Crippen LogP contribution in [-0.4, -0.2) is 18.0 Å². The van der Waals surface area contributed by atoms with Crippen LogP contribution in [0.3, 0.4) is 0 Å². The van der Waals surface area contributed by atoms with Crippen molar-refractivity contribution < 1.29 is 4.42 Å². The van der Waals surface area contributed by atoms with E-state index in [9.17, 15) is 0 Å². The number of fused-ring (bicyclic) bond motifs is 1. The van der Waals surface area contributed by atoms with Crippen molar-refractivity contribution in [2.75, 3.05) is 13.1 Å². The summed E-state index contributed by atoms with van der Waals surface area (Å²) in [6.07, 6.45) is 1.74. The molecule has 0 saturated heterocycles. The van der Waals surface area contributed by atoms with Crippen molar-refractivity contribution in [3.8, 4) is 0 Å². The molecule has 0 fully saturated rings. The molecule has 0 radical (unpaired) electrons. The lowest BCUT2D eigenvalue weighted by molar-refractivity contribution is 0.296. The Balaban J connectivity index is 2.20. The fourth-order valence-electron chi connectivity index (χ4n) is 1.82. The first kappa shape index (κ1) is 10.2. The summed E-state index contributed by atoms with van der Waals surface area (Å²) in [5.74, 6) is 0. The summed E-state index contributed by atoms with van der Waals surface area (Å²) in [6, 6.07) is 8.41. The lowest BCUT2D eigenvalue weighted by Crippen LogP contribution is -2.21. The molecule has 15 heavy (non-hydrogen) atoms. The Hall–Kier alpha value is -1.28. The van der Waals surface area contributed by atoms with Crippen molar-refractivity contribution >= 4 is 11.0 Å². The lowest BCUT2D eigenvalue weighted by Gasteiger charge is -2.17. The van der Waals surface area contributed by atoms with Gasteiger partial charge in [-0.3, -0.25) is 4.90 Å². The van der Waals surface area contributed by atoms with Crippen molar-refractivity contribution in [3.05, 3.63) is 36.1 Å². The van der Waals surface area contributed by atoms with Gasteiger partial charge in [0.2, 0.25) is 0 Å². The second kappa shape index (κ2) is 4.49. The molecular formula is C13H17NO. The van der Waals surface area contributed by atoms with Crippen LogP contribution in [0.5, 0.6) is 0 Å². The molecule has 0 aliphatic carbocycles. The molecule has 1 heterocycles. The first-order valence-electron chi connectivity index (χ1n) is 5.52. The fraction of sp³-hybridized carbons (Fsp3) is 0.385. The van der Waals surface area contributed by atoms with Gasteiger partial charge in [0.25, 0.3) is 0 Å². The summed E-state index contributed by atoms with van der Waals surface area (Å²) in [7, 11) is 0. The Morgan fingerprint density at radius 3 is 2.67 bits per heavy atom. The highest BCUT2D eigenvalue weighted by atomic mass is 16.3. The Bertz CT molecular complexity index is 429. The van der Waals surface area contributed by atoms with Crippen molar-refractivity contribution in [1.82, 2.24) is 4.90 Å². The van der Waals surface area contributed by atoms with Gasteiger partial charge in [-0.15, -0.1) is 0 Å². The third-order valence-corrected chi connectivity index (χ3v) is 2.82. The van der Waals surface area contributed by atoms with E-state index in [0.29, 0.717) is 0 Å². The molecule has 2 rings (SSSR count).